The van der Waals surface area contributed by atoms with Gasteiger partial charge in [0.15, 0.2) is 0 Å². The van der Waals surface area contributed by atoms with Crippen LogP contribution in [0.3, 0.4) is 0 Å². The summed E-state index contributed by atoms with van der Waals surface area (Å²) in [4.78, 5) is 23.6. The molecule has 0 unspecified atom stereocenters. The molecule has 3 N–H and O–H groups in total. The van der Waals surface area contributed by atoms with Gasteiger partial charge in [-0.3, -0.25) is 4.79 Å². The number of nitrogens with one attached hydrogen (secondary N) is 3. The third kappa shape index (κ3) is 3.15. The smallest absolute Gasteiger partial charge is 0.257 e. The molecule has 0 radical (unpaired) electrons. The molecule has 0 saturated heterocycles. The Kier molecular flexibility index (Phi) is 3.86. The zero-order valence-electron chi connectivity index (χ0n) is 10.6. The Morgan fingerprint density at radius 1 is 1.26 bits per heavy atom. The van der Waals surface area contributed by atoms with Gasteiger partial charge in [-0.05, 0) is 6.07 Å². The van der Waals surface area contributed by atoms with Crippen LogP contribution in [0.5, 0.6) is 0 Å². The minimum absolute atomic E-state index is 0.0855. The fourth-order valence-electron chi connectivity index (χ4n) is 1.29. The average molecular weight is 262 g/mol. The second kappa shape index (κ2) is 5.76. The first-order chi connectivity index (χ1) is 9.22. The lowest BCUT2D eigenvalue weighted by molar-refractivity contribution is -0.118. The van der Waals surface area contributed by atoms with Crippen LogP contribution in [0.15, 0.2) is 18.5 Å². The Morgan fingerprint density at radius 2 is 2.05 bits per heavy atom. The third-order valence-corrected chi connectivity index (χ3v) is 2.24. The van der Waals surface area contributed by atoms with E-state index in [1.54, 1.807) is 32.6 Å². The van der Waals surface area contributed by atoms with E-state index in [1.165, 1.54) is 4.68 Å². The Labute approximate surface area is 109 Å². The van der Waals surface area contributed by atoms with Gasteiger partial charge in [-0.2, -0.15) is 20.1 Å². The van der Waals surface area contributed by atoms with Crippen molar-refractivity contribution in [2.24, 2.45) is 0 Å². The van der Waals surface area contributed by atoms with Crippen LogP contribution < -0.4 is 16.0 Å². The van der Waals surface area contributed by atoms with Crippen molar-refractivity contribution in [2.75, 3.05) is 31.3 Å². The van der Waals surface area contributed by atoms with E-state index in [0.717, 1.165) is 0 Å². The maximum absolute atomic E-state index is 11.2. The predicted octanol–water partition coefficient (Wildman–Crippen LogP) is -0.743. The van der Waals surface area contributed by atoms with Crippen LogP contribution in [0.4, 0.5) is 11.9 Å². The van der Waals surface area contributed by atoms with E-state index < -0.39 is 0 Å². The number of amides is 1. The highest BCUT2D eigenvalue weighted by Crippen LogP contribution is 2.07. The van der Waals surface area contributed by atoms with Crippen molar-refractivity contribution >= 4 is 17.8 Å². The SMILES string of the molecule is CNC(=O)CNc1nc(NC)nc(-n2cccn2)n1. The summed E-state index contributed by atoms with van der Waals surface area (Å²) in [5.74, 6) is 0.893. The van der Waals surface area contributed by atoms with Crippen molar-refractivity contribution in [1.29, 1.82) is 0 Å². The number of carbonyl (C=O) groups excluding carboxylic acids is 1. The highest BCUT2D eigenvalue weighted by Gasteiger charge is 2.08. The second-order valence-electron chi connectivity index (χ2n) is 3.51. The first-order valence-electron chi connectivity index (χ1n) is 5.61. The van der Waals surface area contributed by atoms with E-state index in [-0.39, 0.29) is 12.5 Å². The fourth-order valence-corrected chi connectivity index (χ4v) is 1.29. The van der Waals surface area contributed by atoms with Gasteiger partial charge in [0.05, 0.1) is 6.54 Å². The summed E-state index contributed by atoms with van der Waals surface area (Å²) in [6, 6.07) is 1.76. The molecule has 0 atom stereocenters. The maximum atomic E-state index is 11.2. The molecule has 0 aliphatic heterocycles. The van der Waals surface area contributed by atoms with Crippen LogP contribution in [0.1, 0.15) is 0 Å². The zero-order chi connectivity index (χ0) is 13.7. The number of rotatable bonds is 5. The molecule has 2 rings (SSSR count). The average Bonchev–Trinajstić information content (AvgIpc) is 2.98. The number of carbonyl (C=O) groups is 1. The molecule has 0 aliphatic carbocycles. The number of likely N-dealkylation sites (N-methyl/N-ethyl adjacent to an activating group) is 1. The number of hydrogen-bond acceptors (Lipinski definition) is 7. The Bertz CT molecular complexity index is 553. The summed E-state index contributed by atoms with van der Waals surface area (Å²) in [7, 11) is 3.26. The Hall–Kier alpha value is -2.71. The number of nitrogens with zero attached hydrogens (tertiary/aromatic N) is 5. The van der Waals surface area contributed by atoms with Gasteiger partial charge >= 0.3 is 0 Å². The Morgan fingerprint density at radius 3 is 2.68 bits per heavy atom. The summed E-state index contributed by atoms with van der Waals surface area (Å²) in [5, 5.41) is 12.2. The molecule has 9 heteroatoms. The zero-order valence-corrected chi connectivity index (χ0v) is 10.6. The standard InChI is InChI=1S/C10H14N8O/c1-11-7(19)6-13-9-15-8(12-2)16-10(17-9)18-5-3-4-14-18/h3-5H,6H2,1-2H3,(H,11,19)(H2,12,13,15,16,17). The van der Waals surface area contributed by atoms with Crippen molar-refractivity contribution in [2.45, 2.75) is 0 Å². The number of aromatic nitrogens is 5. The predicted molar refractivity (Wildman–Crippen MR) is 69.1 cm³/mol. The van der Waals surface area contributed by atoms with Crippen molar-refractivity contribution < 1.29 is 4.79 Å². The number of anilines is 2. The third-order valence-electron chi connectivity index (χ3n) is 2.24. The minimum Gasteiger partial charge on any atom is -0.358 e. The van der Waals surface area contributed by atoms with Crippen molar-refractivity contribution in [3.05, 3.63) is 18.5 Å². The van der Waals surface area contributed by atoms with E-state index in [4.69, 9.17) is 0 Å². The van der Waals surface area contributed by atoms with E-state index in [1.807, 2.05) is 0 Å². The molecular formula is C10H14N8O. The molecular weight excluding hydrogens is 248 g/mol. The van der Waals surface area contributed by atoms with E-state index >= 15 is 0 Å². The van der Waals surface area contributed by atoms with Gasteiger partial charge in [-0.1, -0.05) is 0 Å². The van der Waals surface area contributed by atoms with Crippen LogP contribution in [-0.4, -0.2) is 51.3 Å². The molecule has 100 valence electrons. The molecule has 2 aromatic rings. The van der Waals surface area contributed by atoms with Gasteiger partial charge in [0.25, 0.3) is 5.95 Å². The summed E-state index contributed by atoms with van der Waals surface area (Å²) in [5.41, 5.74) is 0. The van der Waals surface area contributed by atoms with Crippen LogP contribution in [0.25, 0.3) is 5.95 Å². The highest BCUT2D eigenvalue weighted by molar-refractivity contribution is 5.79. The molecule has 2 aromatic heterocycles. The van der Waals surface area contributed by atoms with Crippen LogP contribution in [-0.2, 0) is 4.79 Å². The number of hydrogen-bond donors (Lipinski definition) is 3. The molecule has 0 aromatic carbocycles. The van der Waals surface area contributed by atoms with Gasteiger partial charge in [-0.25, -0.2) is 4.68 Å². The lowest BCUT2D eigenvalue weighted by Crippen LogP contribution is -2.27. The molecule has 19 heavy (non-hydrogen) atoms. The van der Waals surface area contributed by atoms with E-state index in [9.17, 15) is 4.79 Å². The lowest BCUT2D eigenvalue weighted by atomic mass is 10.6. The van der Waals surface area contributed by atoms with Crippen molar-refractivity contribution in [3.8, 4) is 5.95 Å². The van der Waals surface area contributed by atoms with Crippen molar-refractivity contribution in [3.63, 3.8) is 0 Å². The molecule has 1 amide bonds. The lowest BCUT2D eigenvalue weighted by Gasteiger charge is -2.07. The summed E-state index contributed by atoms with van der Waals surface area (Å²) >= 11 is 0. The summed E-state index contributed by atoms with van der Waals surface area (Å²) in [6.45, 7) is 0.0855. The van der Waals surface area contributed by atoms with Gasteiger partial charge in [0.1, 0.15) is 0 Å². The first-order valence-corrected chi connectivity index (χ1v) is 5.61. The molecule has 0 fully saturated rings. The molecule has 0 saturated carbocycles. The van der Waals surface area contributed by atoms with Crippen LogP contribution >= 0.6 is 0 Å². The minimum atomic E-state index is -0.160. The highest BCUT2D eigenvalue weighted by atomic mass is 16.1. The largest absolute Gasteiger partial charge is 0.358 e. The summed E-state index contributed by atoms with van der Waals surface area (Å²) in [6.07, 6.45) is 3.35. The van der Waals surface area contributed by atoms with Gasteiger partial charge < -0.3 is 16.0 Å². The van der Waals surface area contributed by atoms with Gasteiger partial charge in [-0.15, -0.1) is 0 Å². The molecule has 9 nitrogen and oxygen atoms in total. The van der Waals surface area contributed by atoms with Crippen LogP contribution in [0.2, 0.25) is 0 Å². The molecule has 0 bridgehead atoms. The Balaban J connectivity index is 2.23. The van der Waals surface area contributed by atoms with E-state index in [2.05, 4.69) is 36.0 Å². The van der Waals surface area contributed by atoms with Crippen molar-refractivity contribution in [1.82, 2.24) is 30.0 Å². The normalized spacial score (nSPS) is 10.0. The molecule has 2 heterocycles. The fraction of sp³-hybridized carbons (Fsp3) is 0.300. The quantitative estimate of drug-likeness (QED) is 0.650. The maximum Gasteiger partial charge on any atom is 0.257 e. The topological polar surface area (TPSA) is 110 Å². The summed E-state index contributed by atoms with van der Waals surface area (Å²) < 4.78 is 1.51. The van der Waals surface area contributed by atoms with Crippen LogP contribution in [0, 0.1) is 0 Å². The van der Waals surface area contributed by atoms with Gasteiger partial charge in [0.2, 0.25) is 17.8 Å². The molecule has 0 aliphatic rings. The van der Waals surface area contributed by atoms with E-state index in [0.29, 0.717) is 17.8 Å². The molecule has 0 spiro atoms. The first kappa shape index (κ1) is 12.7. The van der Waals surface area contributed by atoms with Gasteiger partial charge in [0, 0.05) is 26.5 Å². The second-order valence-corrected chi connectivity index (χ2v) is 3.51. The monoisotopic (exact) mass is 262 g/mol.